The fraction of sp³-hybridized carbons (Fsp3) is 0.700. The molecule has 1 aromatic rings. The Morgan fingerprint density at radius 2 is 2.20 bits per heavy atom. The smallest absolute Gasteiger partial charge is 0.307 e. The number of nitrogens with zero attached hydrogens (tertiary/aromatic N) is 3. The number of rotatable bonds is 3. The zero-order chi connectivity index (χ0) is 10.6. The van der Waals surface area contributed by atoms with Crippen LogP contribution in [0.15, 0.2) is 0 Å². The summed E-state index contributed by atoms with van der Waals surface area (Å²) >= 11 is 0. The van der Waals surface area contributed by atoms with E-state index in [1.165, 1.54) is 12.8 Å². The summed E-state index contributed by atoms with van der Waals surface area (Å²) in [4.78, 5) is 10.8. The number of carbonyl (C=O) groups is 1. The Labute approximate surface area is 87.1 Å². The SMILES string of the molecule is Cc1nnc(C2CC2C(=O)O)n1C1CC1. The van der Waals surface area contributed by atoms with Crippen LogP contribution >= 0.6 is 0 Å². The second-order valence-electron chi connectivity index (χ2n) is 4.49. The van der Waals surface area contributed by atoms with Crippen LogP contribution in [-0.2, 0) is 4.79 Å². The molecule has 2 saturated carbocycles. The third kappa shape index (κ3) is 1.33. The molecule has 2 fully saturated rings. The molecule has 0 amide bonds. The van der Waals surface area contributed by atoms with E-state index in [1.807, 2.05) is 6.92 Å². The largest absolute Gasteiger partial charge is 0.481 e. The highest BCUT2D eigenvalue weighted by atomic mass is 16.4. The van der Waals surface area contributed by atoms with Gasteiger partial charge in [-0.15, -0.1) is 10.2 Å². The number of carboxylic acids is 1. The van der Waals surface area contributed by atoms with E-state index in [-0.39, 0.29) is 11.8 Å². The standard InChI is InChI=1S/C10H13N3O2/c1-5-11-12-9(13(5)6-2-3-6)7-4-8(7)10(14)15/h6-8H,2-4H2,1H3,(H,14,15). The van der Waals surface area contributed by atoms with Crippen molar-refractivity contribution < 1.29 is 9.90 Å². The van der Waals surface area contributed by atoms with E-state index in [4.69, 9.17) is 5.11 Å². The molecule has 0 bridgehead atoms. The molecule has 2 atom stereocenters. The second kappa shape index (κ2) is 2.81. The minimum atomic E-state index is -0.706. The van der Waals surface area contributed by atoms with Crippen LogP contribution < -0.4 is 0 Å². The van der Waals surface area contributed by atoms with Crippen LogP contribution in [0.4, 0.5) is 0 Å². The van der Waals surface area contributed by atoms with Gasteiger partial charge in [-0.25, -0.2) is 0 Å². The Morgan fingerprint density at radius 3 is 2.73 bits per heavy atom. The van der Waals surface area contributed by atoms with Crippen molar-refractivity contribution in [3.63, 3.8) is 0 Å². The topological polar surface area (TPSA) is 68.0 Å². The molecule has 2 aliphatic rings. The third-order valence-electron chi connectivity index (χ3n) is 3.24. The molecule has 15 heavy (non-hydrogen) atoms. The van der Waals surface area contributed by atoms with Crippen molar-refractivity contribution >= 4 is 5.97 Å². The first-order valence-corrected chi connectivity index (χ1v) is 5.32. The number of aliphatic carboxylic acids is 1. The Balaban J connectivity index is 1.89. The number of carboxylic acid groups (broad SMARTS) is 1. The first kappa shape index (κ1) is 8.88. The Kier molecular flexibility index (Phi) is 1.66. The highest BCUT2D eigenvalue weighted by Crippen LogP contribution is 2.49. The van der Waals surface area contributed by atoms with Crippen molar-refractivity contribution in [2.75, 3.05) is 0 Å². The predicted octanol–water partition coefficient (Wildman–Crippen LogP) is 1.11. The molecule has 2 unspecified atom stereocenters. The molecule has 1 heterocycles. The Bertz CT molecular complexity index is 422. The fourth-order valence-electron chi connectivity index (χ4n) is 2.18. The van der Waals surface area contributed by atoms with E-state index in [0.717, 1.165) is 18.1 Å². The normalized spacial score (nSPS) is 29.1. The van der Waals surface area contributed by atoms with Crippen LogP contribution in [-0.4, -0.2) is 25.8 Å². The van der Waals surface area contributed by atoms with Gasteiger partial charge in [-0.1, -0.05) is 0 Å². The van der Waals surface area contributed by atoms with E-state index in [2.05, 4.69) is 14.8 Å². The van der Waals surface area contributed by atoms with Crippen molar-refractivity contribution in [3.05, 3.63) is 11.6 Å². The van der Waals surface area contributed by atoms with Crippen molar-refractivity contribution in [3.8, 4) is 0 Å². The summed E-state index contributed by atoms with van der Waals surface area (Å²) in [5.74, 6) is 0.976. The maximum atomic E-state index is 10.8. The van der Waals surface area contributed by atoms with Crippen LogP contribution in [0.2, 0.25) is 0 Å². The number of hydrogen-bond acceptors (Lipinski definition) is 3. The first-order chi connectivity index (χ1) is 7.18. The summed E-state index contributed by atoms with van der Waals surface area (Å²) in [6.45, 7) is 1.94. The molecule has 5 nitrogen and oxygen atoms in total. The molecule has 1 N–H and O–H groups in total. The maximum absolute atomic E-state index is 10.8. The summed E-state index contributed by atoms with van der Waals surface area (Å²) in [5.41, 5.74) is 0. The number of aromatic nitrogens is 3. The molecule has 0 spiro atoms. The van der Waals surface area contributed by atoms with Gasteiger partial charge in [0.1, 0.15) is 11.6 Å². The Hall–Kier alpha value is -1.39. The van der Waals surface area contributed by atoms with Gasteiger partial charge in [-0.2, -0.15) is 0 Å². The monoisotopic (exact) mass is 207 g/mol. The molecule has 0 saturated heterocycles. The van der Waals surface area contributed by atoms with Gasteiger partial charge in [0.25, 0.3) is 0 Å². The van der Waals surface area contributed by atoms with Crippen LogP contribution in [0.1, 0.15) is 42.9 Å². The van der Waals surface area contributed by atoms with Crippen molar-refractivity contribution in [2.45, 2.75) is 38.1 Å². The van der Waals surface area contributed by atoms with Crippen LogP contribution in [0.25, 0.3) is 0 Å². The number of aryl methyl sites for hydroxylation is 1. The summed E-state index contributed by atoms with van der Waals surface area (Å²) in [6.07, 6.45) is 3.08. The molecule has 0 radical (unpaired) electrons. The maximum Gasteiger partial charge on any atom is 0.307 e. The van der Waals surface area contributed by atoms with Gasteiger partial charge >= 0.3 is 5.97 Å². The second-order valence-corrected chi connectivity index (χ2v) is 4.49. The third-order valence-corrected chi connectivity index (χ3v) is 3.24. The number of hydrogen-bond donors (Lipinski definition) is 1. The summed E-state index contributed by atoms with van der Waals surface area (Å²) in [7, 11) is 0. The zero-order valence-electron chi connectivity index (χ0n) is 8.55. The molecular formula is C10H13N3O2. The first-order valence-electron chi connectivity index (χ1n) is 5.32. The summed E-state index contributed by atoms with van der Waals surface area (Å²) < 4.78 is 2.13. The van der Waals surface area contributed by atoms with Gasteiger partial charge in [0.15, 0.2) is 0 Å². The molecule has 0 aromatic carbocycles. The van der Waals surface area contributed by atoms with E-state index in [1.54, 1.807) is 0 Å². The van der Waals surface area contributed by atoms with E-state index < -0.39 is 5.97 Å². The van der Waals surface area contributed by atoms with E-state index in [9.17, 15) is 4.79 Å². The van der Waals surface area contributed by atoms with Gasteiger partial charge in [-0.3, -0.25) is 4.79 Å². The average molecular weight is 207 g/mol. The molecule has 5 heteroatoms. The van der Waals surface area contributed by atoms with Crippen LogP contribution in [0.3, 0.4) is 0 Å². The van der Waals surface area contributed by atoms with Crippen LogP contribution in [0, 0.1) is 12.8 Å². The lowest BCUT2D eigenvalue weighted by Crippen LogP contribution is -2.05. The molecule has 2 aliphatic carbocycles. The minimum Gasteiger partial charge on any atom is -0.481 e. The minimum absolute atomic E-state index is 0.101. The van der Waals surface area contributed by atoms with Gasteiger partial charge in [-0.05, 0) is 26.2 Å². The van der Waals surface area contributed by atoms with Gasteiger partial charge in [0.05, 0.1) is 5.92 Å². The molecular weight excluding hydrogens is 194 g/mol. The molecule has 1 aromatic heterocycles. The van der Waals surface area contributed by atoms with Crippen LogP contribution in [0.5, 0.6) is 0 Å². The summed E-state index contributed by atoms with van der Waals surface area (Å²) in [6, 6.07) is 0.532. The lowest BCUT2D eigenvalue weighted by atomic mass is 10.3. The molecule has 80 valence electrons. The predicted molar refractivity (Wildman–Crippen MR) is 51.5 cm³/mol. The molecule has 0 aliphatic heterocycles. The van der Waals surface area contributed by atoms with Gasteiger partial charge in [0, 0.05) is 12.0 Å². The average Bonchev–Trinajstić information content (AvgIpc) is 3.07. The molecule has 3 rings (SSSR count). The highest BCUT2D eigenvalue weighted by molar-refractivity contribution is 5.74. The quantitative estimate of drug-likeness (QED) is 0.806. The lowest BCUT2D eigenvalue weighted by Gasteiger charge is -2.05. The fourth-order valence-corrected chi connectivity index (χ4v) is 2.18. The van der Waals surface area contributed by atoms with Gasteiger partial charge < -0.3 is 9.67 Å². The van der Waals surface area contributed by atoms with E-state index in [0.29, 0.717) is 6.04 Å². The Morgan fingerprint density at radius 1 is 1.47 bits per heavy atom. The lowest BCUT2D eigenvalue weighted by molar-refractivity contribution is -0.138. The highest BCUT2D eigenvalue weighted by Gasteiger charge is 2.48. The van der Waals surface area contributed by atoms with Gasteiger partial charge in [0.2, 0.25) is 0 Å². The zero-order valence-corrected chi connectivity index (χ0v) is 8.55. The van der Waals surface area contributed by atoms with Crippen molar-refractivity contribution in [1.82, 2.24) is 14.8 Å². The van der Waals surface area contributed by atoms with Crippen molar-refractivity contribution in [1.29, 1.82) is 0 Å². The van der Waals surface area contributed by atoms with Crippen molar-refractivity contribution in [2.24, 2.45) is 5.92 Å². The summed E-state index contributed by atoms with van der Waals surface area (Å²) in [5, 5.41) is 17.1. The van der Waals surface area contributed by atoms with E-state index >= 15 is 0 Å².